The molecule has 0 N–H and O–H groups in total. The standard InChI is InChI=1S/C26H30FNO8/c1-14(12-20(30)23-25(35-16(3)29)21(32-4)10-11-28-23)26(31)34-15(2)24(36-18-7-8-18)19-9-6-17(27)13-22(19)33-5/h6,9-11,13-15,18,24H,7-8,12H2,1-5H3/t14-,15+,24+/m1/s1. The van der Waals surface area contributed by atoms with Gasteiger partial charge in [0.1, 0.15) is 23.8 Å². The minimum atomic E-state index is -0.838. The number of aromatic nitrogens is 1. The quantitative estimate of drug-likeness (QED) is 0.310. The van der Waals surface area contributed by atoms with E-state index in [1.54, 1.807) is 19.9 Å². The predicted molar refractivity (Wildman–Crippen MR) is 126 cm³/mol. The van der Waals surface area contributed by atoms with Crippen molar-refractivity contribution >= 4 is 17.7 Å². The maximum Gasteiger partial charge on any atom is 0.309 e. The Balaban J connectivity index is 1.73. The third-order valence-electron chi connectivity index (χ3n) is 5.59. The molecule has 3 rings (SSSR count). The molecule has 0 aliphatic heterocycles. The summed E-state index contributed by atoms with van der Waals surface area (Å²) in [5.74, 6) is -2.74. The van der Waals surface area contributed by atoms with Crippen LogP contribution in [0.25, 0.3) is 0 Å². The Morgan fingerprint density at radius 1 is 1.08 bits per heavy atom. The van der Waals surface area contributed by atoms with Gasteiger partial charge in [-0.3, -0.25) is 14.4 Å². The molecule has 194 valence electrons. The number of carbonyl (C=O) groups is 3. The van der Waals surface area contributed by atoms with E-state index in [1.165, 1.54) is 45.5 Å². The number of rotatable bonds is 12. The molecule has 0 spiro atoms. The predicted octanol–water partition coefficient (Wildman–Crippen LogP) is 4.22. The van der Waals surface area contributed by atoms with Crippen LogP contribution < -0.4 is 14.2 Å². The zero-order valence-corrected chi connectivity index (χ0v) is 20.9. The summed E-state index contributed by atoms with van der Waals surface area (Å²) in [6, 6.07) is 5.54. The van der Waals surface area contributed by atoms with E-state index in [2.05, 4.69) is 4.98 Å². The molecule has 1 heterocycles. The van der Waals surface area contributed by atoms with Gasteiger partial charge in [-0.25, -0.2) is 9.37 Å². The molecule has 0 amide bonds. The second kappa shape index (κ2) is 11.9. The van der Waals surface area contributed by atoms with Gasteiger partial charge < -0.3 is 23.7 Å². The van der Waals surface area contributed by atoms with Gasteiger partial charge in [0.05, 0.1) is 26.2 Å². The fraction of sp³-hybridized carbons (Fsp3) is 0.462. The van der Waals surface area contributed by atoms with Crippen LogP contribution in [0, 0.1) is 11.7 Å². The van der Waals surface area contributed by atoms with Crippen molar-refractivity contribution in [3.8, 4) is 17.2 Å². The van der Waals surface area contributed by atoms with Crippen LogP contribution >= 0.6 is 0 Å². The molecule has 0 unspecified atom stereocenters. The Labute approximate surface area is 208 Å². The Hall–Kier alpha value is -3.53. The third kappa shape index (κ3) is 6.78. The molecule has 1 fully saturated rings. The van der Waals surface area contributed by atoms with Crippen LogP contribution in [0.4, 0.5) is 4.39 Å². The highest BCUT2D eigenvalue weighted by Crippen LogP contribution is 2.38. The van der Waals surface area contributed by atoms with E-state index >= 15 is 0 Å². The molecular weight excluding hydrogens is 473 g/mol. The van der Waals surface area contributed by atoms with Gasteiger partial charge in [-0.1, -0.05) is 6.92 Å². The highest BCUT2D eigenvalue weighted by molar-refractivity contribution is 5.99. The lowest BCUT2D eigenvalue weighted by Crippen LogP contribution is -2.29. The smallest absolute Gasteiger partial charge is 0.309 e. The third-order valence-corrected chi connectivity index (χ3v) is 5.59. The van der Waals surface area contributed by atoms with Gasteiger partial charge in [0.15, 0.2) is 17.2 Å². The van der Waals surface area contributed by atoms with E-state index in [9.17, 15) is 18.8 Å². The number of ether oxygens (including phenoxy) is 5. The number of hydrogen-bond donors (Lipinski definition) is 0. The fourth-order valence-corrected chi connectivity index (χ4v) is 3.62. The Morgan fingerprint density at radius 2 is 1.78 bits per heavy atom. The summed E-state index contributed by atoms with van der Waals surface area (Å²) in [4.78, 5) is 41.4. The van der Waals surface area contributed by atoms with Crippen molar-refractivity contribution in [2.45, 2.75) is 58.3 Å². The zero-order chi connectivity index (χ0) is 26.4. The second-order valence-electron chi connectivity index (χ2n) is 8.60. The summed E-state index contributed by atoms with van der Waals surface area (Å²) in [5, 5.41) is 0. The SMILES string of the molecule is COc1cc(F)ccc1[C@@H](OC1CC1)[C@H](C)OC(=O)[C@H](C)CC(=O)c1nccc(OC)c1OC(C)=O. The Kier molecular flexibility index (Phi) is 8.98. The molecule has 9 nitrogen and oxygen atoms in total. The van der Waals surface area contributed by atoms with Crippen LogP contribution in [0.5, 0.6) is 17.2 Å². The maximum absolute atomic E-state index is 13.7. The van der Waals surface area contributed by atoms with Gasteiger partial charge in [0.2, 0.25) is 5.75 Å². The number of halogens is 1. The van der Waals surface area contributed by atoms with Crippen molar-refractivity contribution in [3.05, 3.63) is 47.5 Å². The molecule has 1 saturated carbocycles. The summed E-state index contributed by atoms with van der Waals surface area (Å²) >= 11 is 0. The summed E-state index contributed by atoms with van der Waals surface area (Å²) in [6.07, 6.45) is 1.45. The number of hydrogen-bond acceptors (Lipinski definition) is 9. The van der Waals surface area contributed by atoms with Crippen molar-refractivity contribution in [1.82, 2.24) is 4.98 Å². The Bertz CT molecular complexity index is 1120. The minimum Gasteiger partial charge on any atom is -0.496 e. The number of ketones is 1. The second-order valence-corrected chi connectivity index (χ2v) is 8.60. The molecule has 2 aromatic rings. The number of carbonyl (C=O) groups excluding carboxylic acids is 3. The molecular formula is C26H30FNO8. The number of esters is 2. The van der Waals surface area contributed by atoms with Crippen molar-refractivity contribution in [3.63, 3.8) is 0 Å². The van der Waals surface area contributed by atoms with Gasteiger partial charge in [0, 0.05) is 37.2 Å². The van der Waals surface area contributed by atoms with E-state index in [1.807, 2.05) is 0 Å². The van der Waals surface area contributed by atoms with Gasteiger partial charge in [0.25, 0.3) is 0 Å². The van der Waals surface area contributed by atoms with Gasteiger partial charge in [-0.05, 0) is 31.9 Å². The summed E-state index contributed by atoms with van der Waals surface area (Å²) in [5.41, 5.74) is 0.435. The summed E-state index contributed by atoms with van der Waals surface area (Å²) in [6.45, 7) is 4.41. The van der Waals surface area contributed by atoms with E-state index in [0.29, 0.717) is 5.56 Å². The van der Waals surface area contributed by atoms with Crippen molar-refractivity contribution in [2.24, 2.45) is 5.92 Å². The molecule has 0 radical (unpaired) electrons. The lowest BCUT2D eigenvalue weighted by molar-refractivity contribution is -0.161. The minimum absolute atomic E-state index is 0.0174. The van der Waals surface area contributed by atoms with Gasteiger partial charge >= 0.3 is 11.9 Å². The molecule has 1 aromatic heterocycles. The molecule has 1 aromatic carbocycles. The zero-order valence-electron chi connectivity index (χ0n) is 20.9. The highest BCUT2D eigenvalue weighted by atomic mass is 19.1. The van der Waals surface area contributed by atoms with Crippen LogP contribution in [0.15, 0.2) is 30.5 Å². The normalized spacial score (nSPS) is 15.4. The van der Waals surface area contributed by atoms with E-state index in [-0.39, 0.29) is 35.5 Å². The van der Waals surface area contributed by atoms with E-state index in [0.717, 1.165) is 12.8 Å². The number of Topliss-reactive ketones (excluding diaryl/α,β-unsaturated/α-hetero) is 1. The topological polar surface area (TPSA) is 110 Å². The first-order chi connectivity index (χ1) is 17.1. The van der Waals surface area contributed by atoms with Crippen LogP contribution in [0.3, 0.4) is 0 Å². The maximum atomic E-state index is 13.7. The molecule has 0 bridgehead atoms. The van der Waals surface area contributed by atoms with Crippen LogP contribution in [0.2, 0.25) is 0 Å². The van der Waals surface area contributed by atoms with Crippen LogP contribution in [0.1, 0.15) is 62.2 Å². The molecule has 10 heteroatoms. The fourth-order valence-electron chi connectivity index (χ4n) is 3.62. The van der Waals surface area contributed by atoms with Crippen molar-refractivity contribution < 1.29 is 42.5 Å². The number of benzene rings is 1. The average molecular weight is 504 g/mol. The van der Waals surface area contributed by atoms with Crippen molar-refractivity contribution in [1.29, 1.82) is 0 Å². The van der Waals surface area contributed by atoms with E-state index < -0.39 is 41.7 Å². The molecule has 3 atom stereocenters. The molecule has 36 heavy (non-hydrogen) atoms. The number of nitrogens with zero attached hydrogens (tertiary/aromatic N) is 1. The first-order valence-electron chi connectivity index (χ1n) is 11.6. The van der Waals surface area contributed by atoms with Crippen LogP contribution in [-0.4, -0.2) is 49.1 Å². The molecule has 1 aliphatic carbocycles. The molecule has 0 saturated heterocycles. The summed E-state index contributed by atoms with van der Waals surface area (Å²) in [7, 11) is 2.79. The first kappa shape index (κ1) is 27.1. The molecule has 1 aliphatic rings. The monoisotopic (exact) mass is 503 g/mol. The van der Waals surface area contributed by atoms with Gasteiger partial charge in [-0.15, -0.1) is 0 Å². The number of pyridine rings is 1. The number of methoxy groups -OCH3 is 2. The Morgan fingerprint density at radius 3 is 2.39 bits per heavy atom. The highest BCUT2D eigenvalue weighted by Gasteiger charge is 2.35. The van der Waals surface area contributed by atoms with E-state index in [4.69, 9.17) is 23.7 Å². The largest absolute Gasteiger partial charge is 0.496 e. The first-order valence-corrected chi connectivity index (χ1v) is 11.6. The van der Waals surface area contributed by atoms with Crippen LogP contribution in [-0.2, 0) is 19.1 Å². The summed E-state index contributed by atoms with van der Waals surface area (Å²) < 4.78 is 41.1. The van der Waals surface area contributed by atoms with Crippen molar-refractivity contribution in [2.75, 3.05) is 14.2 Å². The lowest BCUT2D eigenvalue weighted by atomic mass is 10.0. The van der Waals surface area contributed by atoms with Gasteiger partial charge in [-0.2, -0.15) is 0 Å². The average Bonchev–Trinajstić information content (AvgIpc) is 3.66. The lowest BCUT2D eigenvalue weighted by Gasteiger charge is -2.27.